The van der Waals surface area contributed by atoms with Gasteiger partial charge in [-0.25, -0.2) is 8.42 Å². The number of amides is 1. The Labute approximate surface area is 182 Å². The summed E-state index contributed by atoms with van der Waals surface area (Å²) in [6.45, 7) is 1.90. The number of hydrogen-bond donors (Lipinski definition) is 0. The third-order valence-electron chi connectivity index (χ3n) is 4.75. The zero-order valence-electron chi connectivity index (χ0n) is 16.8. The molecule has 0 saturated heterocycles. The molecule has 0 saturated carbocycles. The SMILES string of the molecule is Cc1ccccc1N(CC(=O)N(C)Cc1ccccc1)S(=O)(=O)c1ccc(Cl)cc1. The molecule has 0 atom stereocenters. The van der Waals surface area contributed by atoms with Crippen molar-refractivity contribution < 1.29 is 13.2 Å². The Bertz CT molecular complexity index is 1120. The van der Waals surface area contributed by atoms with Crippen molar-refractivity contribution in [2.75, 3.05) is 17.9 Å². The van der Waals surface area contributed by atoms with E-state index in [1.807, 2.05) is 49.4 Å². The second kappa shape index (κ2) is 9.32. The van der Waals surface area contributed by atoms with Gasteiger partial charge in [0.25, 0.3) is 10.0 Å². The van der Waals surface area contributed by atoms with E-state index in [2.05, 4.69) is 0 Å². The van der Waals surface area contributed by atoms with Crippen LogP contribution < -0.4 is 4.31 Å². The Morgan fingerprint density at radius 3 is 2.13 bits per heavy atom. The van der Waals surface area contributed by atoms with Crippen LogP contribution in [0.1, 0.15) is 11.1 Å². The van der Waals surface area contributed by atoms with Gasteiger partial charge >= 0.3 is 0 Å². The summed E-state index contributed by atoms with van der Waals surface area (Å²) < 4.78 is 28.0. The fourth-order valence-corrected chi connectivity index (χ4v) is 4.67. The minimum absolute atomic E-state index is 0.0775. The first-order valence-corrected chi connectivity index (χ1v) is 11.2. The first kappa shape index (κ1) is 21.9. The van der Waals surface area contributed by atoms with Gasteiger partial charge in [-0.05, 0) is 48.4 Å². The van der Waals surface area contributed by atoms with Crippen LogP contribution in [0.25, 0.3) is 0 Å². The van der Waals surface area contributed by atoms with Gasteiger partial charge in [0.1, 0.15) is 6.54 Å². The van der Waals surface area contributed by atoms with Crippen molar-refractivity contribution in [3.05, 3.63) is 95.0 Å². The Kier molecular flexibility index (Phi) is 6.80. The lowest BCUT2D eigenvalue weighted by atomic mass is 10.2. The smallest absolute Gasteiger partial charge is 0.264 e. The molecule has 7 heteroatoms. The van der Waals surface area contributed by atoms with Crippen molar-refractivity contribution in [2.24, 2.45) is 0 Å². The van der Waals surface area contributed by atoms with Gasteiger partial charge in [0.05, 0.1) is 10.6 Å². The second-order valence-corrected chi connectivity index (χ2v) is 9.29. The molecule has 0 aliphatic carbocycles. The number of likely N-dealkylation sites (N-methyl/N-ethyl adjacent to an activating group) is 1. The monoisotopic (exact) mass is 442 g/mol. The van der Waals surface area contributed by atoms with Crippen LogP contribution in [0.3, 0.4) is 0 Å². The molecule has 30 heavy (non-hydrogen) atoms. The van der Waals surface area contributed by atoms with Crippen LogP contribution >= 0.6 is 11.6 Å². The van der Waals surface area contributed by atoms with Crippen LogP contribution in [0, 0.1) is 6.92 Å². The highest BCUT2D eigenvalue weighted by molar-refractivity contribution is 7.92. The average molecular weight is 443 g/mol. The first-order chi connectivity index (χ1) is 14.3. The molecule has 0 aromatic heterocycles. The Balaban J connectivity index is 1.93. The highest BCUT2D eigenvalue weighted by Crippen LogP contribution is 2.27. The predicted molar refractivity (Wildman–Crippen MR) is 120 cm³/mol. The molecule has 0 unspecified atom stereocenters. The molecule has 0 aliphatic rings. The highest BCUT2D eigenvalue weighted by Gasteiger charge is 2.29. The van der Waals surface area contributed by atoms with Gasteiger partial charge in [0.15, 0.2) is 0 Å². The average Bonchev–Trinajstić information content (AvgIpc) is 2.73. The molecule has 0 radical (unpaired) electrons. The number of carbonyl (C=O) groups excluding carboxylic acids is 1. The Morgan fingerprint density at radius 2 is 1.50 bits per heavy atom. The lowest BCUT2D eigenvalue weighted by molar-refractivity contribution is -0.128. The van der Waals surface area contributed by atoms with E-state index in [9.17, 15) is 13.2 Å². The number of aryl methyl sites for hydroxylation is 1. The van der Waals surface area contributed by atoms with Gasteiger partial charge in [0.2, 0.25) is 5.91 Å². The number of hydrogen-bond acceptors (Lipinski definition) is 3. The minimum Gasteiger partial charge on any atom is -0.340 e. The molecular formula is C23H23ClN2O3S. The molecule has 3 aromatic rings. The number of rotatable bonds is 7. The molecule has 0 N–H and O–H groups in total. The summed E-state index contributed by atoms with van der Waals surface area (Å²) in [5.74, 6) is -0.306. The predicted octanol–water partition coefficient (Wildman–Crippen LogP) is 4.50. The van der Waals surface area contributed by atoms with Crippen LogP contribution in [-0.2, 0) is 21.4 Å². The number of anilines is 1. The molecule has 156 valence electrons. The lowest BCUT2D eigenvalue weighted by Gasteiger charge is -2.28. The Hall–Kier alpha value is -2.83. The molecule has 5 nitrogen and oxygen atoms in total. The van der Waals surface area contributed by atoms with Gasteiger partial charge in [-0.2, -0.15) is 0 Å². The third kappa shape index (κ3) is 5.01. The molecule has 1 amide bonds. The van der Waals surface area contributed by atoms with E-state index in [0.29, 0.717) is 17.3 Å². The number of nitrogens with zero attached hydrogens (tertiary/aromatic N) is 2. The summed E-state index contributed by atoms with van der Waals surface area (Å²) >= 11 is 5.92. The van der Waals surface area contributed by atoms with Gasteiger partial charge < -0.3 is 4.90 Å². The largest absolute Gasteiger partial charge is 0.340 e. The maximum atomic E-state index is 13.4. The maximum absolute atomic E-state index is 13.4. The summed E-state index contributed by atoms with van der Waals surface area (Å²) in [5.41, 5.74) is 2.19. The highest BCUT2D eigenvalue weighted by atomic mass is 35.5. The minimum atomic E-state index is -3.97. The van der Waals surface area contributed by atoms with Gasteiger partial charge in [-0.15, -0.1) is 0 Å². The summed E-state index contributed by atoms with van der Waals surface area (Å²) in [6.07, 6.45) is 0. The maximum Gasteiger partial charge on any atom is 0.264 e. The summed E-state index contributed by atoms with van der Waals surface area (Å²) in [6, 6.07) is 22.6. The fourth-order valence-electron chi connectivity index (χ4n) is 3.07. The molecule has 0 aliphatic heterocycles. The van der Waals surface area contributed by atoms with E-state index in [0.717, 1.165) is 15.4 Å². The number of halogens is 1. The van der Waals surface area contributed by atoms with Gasteiger partial charge in [-0.1, -0.05) is 60.1 Å². The van der Waals surface area contributed by atoms with Crippen LogP contribution in [0.4, 0.5) is 5.69 Å². The summed E-state index contributed by atoms with van der Waals surface area (Å²) in [7, 11) is -2.30. The standard InChI is InChI=1S/C23H23ClN2O3S/c1-18-8-6-7-11-22(18)26(30(28,29)21-14-12-20(24)13-15-21)17-23(27)25(2)16-19-9-4-3-5-10-19/h3-15H,16-17H2,1-2H3. The third-order valence-corrected chi connectivity index (χ3v) is 6.78. The summed E-state index contributed by atoms with van der Waals surface area (Å²) in [5, 5.41) is 0.440. The van der Waals surface area contributed by atoms with Crippen molar-refractivity contribution in [3.8, 4) is 0 Å². The van der Waals surface area contributed by atoms with E-state index < -0.39 is 10.0 Å². The van der Waals surface area contributed by atoms with E-state index in [1.165, 1.54) is 29.2 Å². The first-order valence-electron chi connectivity index (χ1n) is 9.41. The van der Waals surface area contributed by atoms with Crippen LogP contribution in [0.15, 0.2) is 83.8 Å². The molecule has 0 heterocycles. The number of carbonyl (C=O) groups is 1. The zero-order valence-corrected chi connectivity index (χ0v) is 18.4. The molecule has 0 spiro atoms. The van der Waals surface area contributed by atoms with Crippen LogP contribution in [0.5, 0.6) is 0 Å². The molecule has 0 fully saturated rings. The van der Waals surface area contributed by atoms with Crippen molar-refractivity contribution in [2.45, 2.75) is 18.4 Å². The van der Waals surface area contributed by atoms with Crippen molar-refractivity contribution in [1.29, 1.82) is 0 Å². The van der Waals surface area contributed by atoms with Gasteiger partial charge in [0, 0.05) is 18.6 Å². The quantitative estimate of drug-likeness (QED) is 0.541. The van der Waals surface area contributed by atoms with Gasteiger partial charge in [-0.3, -0.25) is 9.10 Å². The van der Waals surface area contributed by atoms with E-state index in [4.69, 9.17) is 11.6 Å². The zero-order chi connectivity index (χ0) is 21.7. The molecular weight excluding hydrogens is 420 g/mol. The van der Waals surface area contributed by atoms with E-state index >= 15 is 0 Å². The Morgan fingerprint density at radius 1 is 0.900 bits per heavy atom. The van der Waals surface area contributed by atoms with Crippen LogP contribution in [-0.4, -0.2) is 32.8 Å². The van der Waals surface area contributed by atoms with Crippen molar-refractivity contribution >= 4 is 33.2 Å². The van der Waals surface area contributed by atoms with Crippen molar-refractivity contribution in [3.63, 3.8) is 0 Å². The second-order valence-electron chi connectivity index (χ2n) is 6.99. The number of para-hydroxylation sites is 1. The lowest BCUT2D eigenvalue weighted by Crippen LogP contribution is -2.41. The van der Waals surface area contributed by atoms with Crippen molar-refractivity contribution in [1.82, 2.24) is 4.90 Å². The normalized spacial score (nSPS) is 11.2. The summed E-state index contributed by atoms with van der Waals surface area (Å²) in [4.78, 5) is 14.6. The van der Waals surface area contributed by atoms with E-state index in [1.54, 1.807) is 19.2 Å². The molecule has 3 aromatic carbocycles. The molecule has 0 bridgehead atoms. The molecule has 3 rings (SSSR count). The number of sulfonamides is 1. The fraction of sp³-hybridized carbons (Fsp3) is 0.174. The van der Waals surface area contributed by atoms with E-state index in [-0.39, 0.29) is 17.3 Å². The van der Waals surface area contributed by atoms with Crippen LogP contribution in [0.2, 0.25) is 5.02 Å². The number of benzene rings is 3. The topological polar surface area (TPSA) is 57.7 Å².